The fourth-order valence-electron chi connectivity index (χ4n) is 0.949. The fourth-order valence-corrected chi connectivity index (χ4v) is 0.949. The van der Waals surface area contributed by atoms with Crippen molar-refractivity contribution in [3.8, 4) is 0 Å². The third-order valence-electron chi connectivity index (χ3n) is 2.13. The molecule has 0 aromatic carbocycles. The van der Waals surface area contributed by atoms with Gasteiger partial charge in [-0.15, -0.1) is 0 Å². The highest BCUT2D eigenvalue weighted by molar-refractivity contribution is 4.65. The van der Waals surface area contributed by atoms with E-state index in [0.29, 0.717) is 6.42 Å². The Morgan fingerprint density at radius 2 is 1.79 bits per heavy atom. The second-order valence-corrected chi connectivity index (χ2v) is 4.62. The molecule has 0 aromatic heterocycles. The third kappa shape index (κ3) is 14.4. The van der Waals surface area contributed by atoms with E-state index in [1.54, 1.807) is 7.11 Å². The molecule has 2 nitrogen and oxygen atoms in total. The van der Waals surface area contributed by atoms with Crippen LogP contribution in [0.25, 0.3) is 0 Å². The van der Waals surface area contributed by atoms with Gasteiger partial charge in [-0.2, -0.15) is 0 Å². The molecule has 1 N–H and O–H groups in total. The van der Waals surface area contributed by atoms with Crippen molar-refractivity contribution < 1.29 is 9.84 Å². The van der Waals surface area contributed by atoms with Crippen molar-refractivity contribution in [1.82, 2.24) is 0 Å². The van der Waals surface area contributed by atoms with Crippen LogP contribution in [0.4, 0.5) is 0 Å². The minimum atomic E-state index is -0.158. The van der Waals surface area contributed by atoms with Crippen molar-refractivity contribution in [1.29, 1.82) is 0 Å². The maximum atomic E-state index is 8.45. The van der Waals surface area contributed by atoms with Gasteiger partial charge >= 0.3 is 0 Å². The first-order chi connectivity index (χ1) is 6.39. The summed E-state index contributed by atoms with van der Waals surface area (Å²) in [5, 5.41) is 8.45. The Morgan fingerprint density at radius 3 is 1.86 bits per heavy atom. The Balaban J connectivity index is 0. The Kier molecular flexibility index (Phi) is 11.1. The van der Waals surface area contributed by atoms with Gasteiger partial charge in [-0.3, -0.25) is 0 Å². The summed E-state index contributed by atoms with van der Waals surface area (Å²) < 4.78 is 5.02. The van der Waals surface area contributed by atoms with Gasteiger partial charge < -0.3 is 9.84 Å². The molecule has 0 atom stereocenters. The second kappa shape index (κ2) is 9.47. The molecule has 0 saturated heterocycles. The third-order valence-corrected chi connectivity index (χ3v) is 2.13. The van der Waals surface area contributed by atoms with Crippen LogP contribution in [0.3, 0.4) is 0 Å². The van der Waals surface area contributed by atoms with Gasteiger partial charge in [0.15, 0.2) is 0 Å². The summed E-state index contributed by atoms with van der Waals surface area (Å²) in [5.41, 5.74) is -0.158. The van der Waals surface area contributed by atoms with Crippen molar-refractivity contribution in [2.45, 2.75) is 59.5 Å². The number of hydrogen-bond acceptors (Lipinski definition) is 2. The molecule has 0 bridgehead atoms. The predicted octanol–water partition coefficient (Wildman–Crippen LogP) is 3.24. The van der Waals surface area contributed by atoms with Gasteiger partial charge in [0, 0.05) is 13.7 Å². The lowest BCUT2D eigenvalue weighted by atomic mass is 10.1. The van der Waals surface area contributed by atoms with Crippen molar-refractivity contribution in [2.75, 3.05) is 13.7 Å². The number of hydrogen-bond donors (Lipinski definition) is 1. The standard InChI is InChI=1S/C6H14O2.C6H14/c1-6(2,8-3)4-5-7;1-4-5-6(2)3/h7H,4-5H2,1-3H3;6H,4-5H2,1-3H3. The zero-order valence-corrected chi connectivity index (χ0v) is 10.8. The van der Waals surface area contributed by atoms with E-state index < -0.39 is 0 Å². The van der Waals surface area contributed by atoms with Crippen LogP contribution in [0.1, 0.15) is 53.9 Å². The minimum Gasteiger partial charge on any atom is -0.396 e. The molecule has 0 heterocycles. The van der Waals surface area contributed by atoms with Crippen LogP contribution in [0.15, 0.2) is 0 Å². The Hall–Kier alpha value is -0.0800. The van der Waals surface area contributed by atoms with Crippen LogP contribution in [0.2, 0.25) is 0 Å². The lowest BCUT2D eigenvalue weighted by molar-refractivity contribution is 0.00293. The van der Waals surface area contributed by atoms with Crippen LogP contribution in [0.5, 0.6) is 0 Å². The first-order valence-corrected chi connectivity index (χ1v) is 5.55. The molecule has 0 spiro atoms. The van der Waals surface area contributed by atoms with Crippen LogP contribution >= 0.6 is 0 Å². The van der Waals surface area contributed by atoms with Crippen molar-refractivity contribution in [3.63, 3.8) is 0 Å². The first kappa shape index (κ1) is 16.4. The summed E-state index contributed by atoms with van der Waals surface area (Å²) in [7, 11) is 1.65. The van der Waals surface area contributed by atoms with Crippen LogP contribution in [-0.2, 0) is 4.74 Å². The maximum absolute atomic E-state index is 8.45. The molecule has 0 aliphatic rings. The van der Waals surface area contributed by atoms with E-state index >= 15 is 0 Å². The fraction of sp³-hybridized carbons (Fsp3) is 1.00. The van der Waals surface area contributed by atoms with Gasteiger partial charge in [0.05, 0.1) is 5.60 Å². The van der Waals surface area contributed by atoms with E-state index in [9.17, 15) is 0 Å². The summed E-state index contributed by atoms with van der Waals surface area (Å²) in [6.45, 7) is 10.8. The summed E-state index contributed by atoms with van der Waals surface area (Å²) in [4.78, 5) is 0. The van der Waals surface area contributed by atoms with E-state index in [1.165, 1.54) is 12.8 Å². The summed E-state index contributed by atoms with van der Waals surface area (Å²) in [6.07, 6.45) is 3.40. The summed E-state index contributed by atoms with van der Waals surface area (Å²) in [6, 6.07) is 0. The summed E-state index contributed by atoms with van der Waals surface area (Å²) in [5.74, 6) is 0.898. The largest absolute Gasteiger partial charge is 0.396 e. The monoisotopic (exact) mass is 204 g/mol. The second-order valence-electron chi connectivity index (χ2n) is 4.62. The molecular formula is C12H28O2. The average Bonchev–Trinajstić information content (AvgIpc) is 2.05. The van der Waals surface area contributed by atoms with E-state index in [-0.39, 0.29) is 12.2 Å². The number of aliphatic hydroxyl groups is 1. The van der Waals surface area contributed by atoms with E-state index in [1.807, 2.05) is 13.8 Å². The smallest absolute Gasteiger partial charge is 0.0644 e. The van der Waals surface area contributed by atoms with Gasteiger partial charge in [-0.05, 0) is 26.2 Å². The Bertz CT molecular complexity index is 109. The minimum absolute atomic E-state index is 0.158. The molecule has 0 radical (unpaired) electrons. The topological polar surface area (TPSA) is 29.5 Å². The predicted molar refractivity (Wildman–Crippen MR) is 62.5 cm³/mol. The molecule has 0 saturated carbocycles. The van der Waals surface area contributed by atoms with Crippen molar-refractivity contribution >= 4 is 0 Å². The Morgan fingerprint density at radius 1 is 1.29 bits per heavy atom. The quantitative estimate of drug-likeness (QED) is 0.745. The molecule has 0 rings (SSSR count). The van der Waals surface area contributed by atoms with Crippen LogP contribution < -0.4 is 0 Å². The van der Waals surface area contributed by atoms with E-state index in [0.717, 1.165) is 5.92 Å². The first-order valence-electron chi connectivity index (χ1n) is 5.55. The number of methoxy groups -OCH3 is 1. The number of aliphatic hydroxyl groups excluding tert-OH is 1. The highest BCUT2D eigenvalue weighted by Gasteiger charge is 2.13. The molecule has 0 fully saturated rings. The van der Waals surface area contributed by atoms with Gasteiger partial charge in [0.1, 0.15) is 0 Å². The van der Waals surface area contributed by atoms with E-state index in [2.05, 4.69) is 20.8 Å². The van der Waals surface area contributed by atoms with Gasteiger partial charge in [0.2, 0.25) is 0 Å². The lowest BCUT2D eigenvalue weighted by Gasteiger charge is -2.20. The normalized spacial score (nSPS) is 11.1. The molecule has 88 valence electrons. The molecule has 0 unspecified atom stereocenters. The van der Waals surface area contributed by atoms with E-state index in [4.69, 9.17) is 9.84 Å². The van der Waals surface area contributed by atoms with Crippen LogP contribution in [-0.4, -0.2) is 24.4 Å². The van der Waals surface area contributed by atoms with Crippen LogP contribution in [0, 0.1) is 5.92 Å². The number of rotatable bonds is 5. The number of ether oxygens (including phenoxy) is 1. The van der Waals surface area contributed by atoms with Gasteiger partial charge in [-0.25, -0.2) is 0 Å². The SMILES string of the molecule is CCCC(C)C.COC(C)(C)CCO. The zero-order chi connectivity index (χ0) is 11.6. The molecule has 0 amide bonds. The summed E-state index contributed by atoms with van der Waals surface area (Å²) >= 11 is 0. The molecular weight excluding hydrogens is 176 g/mol. The molecule has 0 aliphatic carbocycles. The molecule has 14 heavy (non-hydrogen) atoms. The lowest BCUT2D eigenvalue weighted by Crippen LogP contribution is -2.23. The van der Waals surface area contributed by atoms with Crippen molar-refractivity contribution in [2.24, 2.45) is 5.92 Å². The zero-order valence-electron chi connectivity index (χ0n) is 10.8. The molecule has 0 aliphatic heterocycles. The Labute approximate surface area is 89.7 Å². The van der Waals surface area contributed by atoms with Gasteiger partial charge in [0.25, 0.3) is 0 Å². The maximum Gasteiger partial charge on any atom is 0.0644 e. The highest BCUT2D eigenvalue weighted by atomic mass is 16.5. The highest BCUT2D eigenvalue weighted by Crippen LogP contribution is 2.10. The average molecular weight is 204 g/mol. The van der Waals surface area contributed by atoms with Crippen molar-refractivity contribution in [3.05, 3.63) is 0 Å². The molecule has 2 heteroatoms. The van der Waals surface area contributed by atoms with Gasteiger partial charge in [-0.1, -0.05) is 33.6 Å². The molecule has 0 aromatic rings.